The zero-order valence-electron chi connectivity index (χ0n) is 6.36. The second-order valence-corrected chi connectivity index (χ2v) is 3.34. The van der Waals surface area contributed by atoms with Crippen LogP contribution in [0.2, 0.25) is 0 Å². The number of carbonyl (C=O) groups is 1. The lowest BCUT2D eigenvalue weighted by molar-refractivity contribution is 0.112. The lowest BCUT2D eigenvalue weighted by Gasteiger charge is -2.09. The molecule has 12 heavy (non-hydrogen) atoms. The normalized spacial score (nSPS) is 14.0. The van der Waals surface area contributed by atoms with Crippen LogP contribution in [0.4, 0.5) is 0 Å². The third-order valence-corrected chi connectivity index (χ3v) is 2.72. The fraction of sp³-hybridized carbons (Fsp3) is 0.111. The molecular formula is C9H7NOS. The molecule has 0 N–H and O–H groups in total. The Hall–Kier alpha value is -1.09. The van der Waals surface area contributed by atoms with E-state index >= 15 is 0 Å². The summed E-state index contributed by atoms with van der Waals surface area (Å²) in [6.45, 7) is 0. The number of hydrogen-bond donors (Lipinski definition) is 0. The van der Waals surface area contributed by atoms with E-state index in [2.05, 4.69) is 4.40 Å². The maximum absolute atomic E-state index is 10.6. The van der Waals surface area contributed by atoms with Crippen molar-refractivity contribution in [2.45, 2.75) is 11.3 Å². The molecule has 0 amide bonds. The summed E-state index contributed by atoms with van der Waals surface area (Å²) in [4.78, 5) is 11.6. The van der Waals surface area contributed by atoms with Gasteiger partial charge in [-0.25, -0.2) is 4.40 Å². The molecule has 0 bridgehead atoms. The zero-order chi connectivity index (χ0) is 8.39. The van der Waals surface area contributed by atoms with E-state index in [-0.39, 0.29) is 0 Å². The van der Waals surface area contributed by atoms with Crippen molar-refractivity contribution in [2.24, 2.45) is 4.40 Å². The zero-order valence-corrected chi connectivity index (χ0v) is 7.17. The van der Waals surface area contributed by atoms with Gasteiger partial charge in [-0.2, -0.15) is 0 Å². The summed E-state index contributed by atoms with van der Waals surface area (Å²) in [6, 6.07) is 5.75. The van der Waals surface area contributed by atoms with Crippen LogP contribution < -0.4 is 0 Å². The highest BCUT2D eigenvalue weighted by Crippen LogP contribution is 2.29. The van der Waals surface area contributed by atoms with E-state index < -0.39 is 0 Å². The highest BCUT2D eigenvalue weighted by atomic mass is 32.2. The van der Waals surface area contributed by atoms with Crippen molar-refractivity contribution < 1.29 is 4.79 Å². The van der Waals surface area contributed by atoms with Crippen molar-refractivity contribution in [3.63, 3.8) is 0 Å². The number of nitrogens with zero attached hydrogens (tertiary/aromatic N) is 1. The minimum Gasteiger partial charge on any atom is -0.298 e. The molecule has 0 aliphatic carbocycles. The van der Waals surface area contributed by atoms with Crippen molar-refractivity contribution in [1.82, 2.24) is 0 Å². The highest BCUT2D eigenvalue weighted by molar-refractivity contribution is 7.98. The Morgan fingerprint density at radius 1 is 1.50 bits per heavy atom. The molecule has 0 saturated heterocycles. The number of fused-ring (bicyclic) bond motifs is 1. The average molecular weight is 177 g/mol. The lowest BCUT2D eigenvalue weighted by atomic mass is 10.1. The molecule has 1 aromatic rings. The Balaban J connectivity index is 2.55. The van der Waals surface area contributed by atoms with Gasteiger partial charge in [0.15, 0.2) is 6.29 Å². The third-order valence-electron chi connectivity index (χ3n) is 1.78. The predicted octanol–water partition coefficient (Wildman–Crippen LogP) is 2.13. The summed E-state index contributed by atoms with van der Waals surface area (Å²) in [6.07, 6.45) is 3.58. The van der Waals surface area contributed by atoms with Gasteiger partial charge in [-0.3, -0.25) is 4.79 Å². The topological polar surface area (TPSA) is 29.4 Å². The monoisotopic (exact) mass is 177 g/mol. The Morgan fingerprint density at radius 3 is 3.25 bits per heavy atom. The van der Waals surface area contributed by atoms with E-state index in [1.807, 2.05) is 24.4 Å². The predicted molar refractivity (Wildman–Crippen MR) is 49.9 cm³/mol. The molecule has 1 aromatic carbocycles. The van der Waals surface area contributed by atoms with Crippen LogP contribution in [-0.2, 0) is 6.42 Å². The number of carbonyl (C=O) groups excluding carboxylic acids is 1. The molecule has 1 aliphatic rings. The fourth-order valence-corrected chi connectivity index (χ4v) is 1.94. The van der Waals surface area contributed by atoms with Crippen LogP contribution in [0.15, 0.2) is 27.5 Å². The molecule has 1 aliphatic heterocycles. The van der Waals surface area contributed by atoms with Gasteiger partial charge in [0.1, 0.15) is 0 Å². The molecule has 0 aromatic heterocycles. The van der Waals surface area contributed by atoms with Gasteiger partial charge in [0, 0.05) is 35.0 Å². The minimum atomic E-state index is 0.745. The van der Waals surface area contributed by atoms with Crippen molar-refractivity contribution in [2.75, 3.05) is 0 Å². The maximum Gasteiger partial charge on any atom is 0.151 e. The third kappa shape index (κ3) is 1.16. The summed E-state index contributed by atoms with van der Waals surface area (Å²) in [5.41, 5.74) is 1.94. The van der Waals surface area contributed by atoms with Crippen molar-refractivity contribution in [1.29, 1.82) is 0 Å². The SMILES string of the molecule is O=Cc1cccc2c1SN=CC2. The first-order chi connectivity index (χ1) is 5.92. The molecule has 60 valence electrons. The standard InChI is InChI=1S/C9H7NOS/c11-6-8-3-1-2-7-4-5-10-12-9(7)8/h1-3,5-6H,4H2. The first kappa shape index (κ1) is 7.55. The summed E-state index contributed by atoms with van der Waals surface area (Å²) in [5, 5.41) is 0. The molecule has 0 radical (unpaired) electrons. The van der Waals surface area contributed by atoms with Gasteiger partial charge in [-0.1, -0.05) is 18.2 Å². The molecule has 0 unspecified atom stereocenters. The average Bonchev–Trinajstić information content (AvgIpc) is 2.17. The van der Waals surface area contributed by atoms with Crippen molar-refractivity contribution in [3.8, 4) is 0 Å². The summed E-state index contributed by atoms with van der Waals surface area (Å²) in [5.74, 6) is 0. The summed E-state index contributed by atoms with van der Waals surface area (Å²) in [7, 11) is 0. The van der Waals surface area contributed by atoms with Gasteiger partial charge in [0.05, 0.1) is 0 Å². The summed E-state index contributed by atoms with van der Waals surface area (Å²) >= 11 is 1.38. The van der Waals surface area contributed by atoms with E-state index in [1.165, 1.54) is 17.5 Å². The molecular weight excluding hydrogens is 170 g/mol. The Labute approximate surface area is 74.8 Å². The quantitative estimate of drug-likeness (QED) is 0.486. The first-order valence-corrected chi connectivity index (χ1v) is 4.45. The molecule has 0 spiro atoms. The minimum absolute atomic E-state index is 0.745. The lowest BCUT2D eigenvalue weighted by Crippen LogP contribution is -1.97. The van der Waals surface area contributed by atoms with Crippen LogP contribution in [0.1, 0.15) is 15.9 Å². The molecule has 0 saturated carbocycles. The second-order valence-electron chi connectivity index (χ2n) is 2.54. The van der Waals surface area contributed by atoms with Gasteiger partial charge in [-0.15, -0.1) is 0 Å². The van der Waals surface area contributed by atoms with E-state index in [1.54, 1.807) is 0 Å². The van der Waals surface area contributed by atoms with Crippen LogP contribution in [0.3, 0.4) is 0 Å². The molecule has 0 fully saturated rings. The van der Waals surface area contributed by atoms with Gasteiger partial charge >= 0.3 is 0 Å². The number of hydrogen-bond acceptors (Lipinski definition) is 3. The first-order valence-electron chi connectivity index (χ1n) is 3.68. The van der Waals surface area contributed by atoms with Gasteiger partial charge in [-0.05, 0) is 5.56 Å². The second kappa shape index (κ2) is 3.11. The van der Waals surface area contributed by atoms with Crippen LogP contribution in [0, 0.1) is 0 Å². The number of rotatable bonds is 1. The Bertz CT molecular complexity index is 346. The molecule has 2 nitrogen and oxygen atoms in total. The van der Waals surface area contributed by atoms with E-state index in [0.29, 0.717) is 0 Å². The molecule has 1 heterocycles. The van der Waals surface area contributed by atoms with Gasteiger partial charge in [0.25, 0.3) is 0 Å². The van der Waals surface area contributed by atoms with Gasteiger partial charge < -0.3 is 0 Å². The highest BCUT2D eigenvalue weighted by Gasteiger charge is 2.09. The van der Waals surface area contributed by atoms with Crippen LogP contribution in [0.25, 0.3) is 0 Å². The van der Waals surface area contributed by atoms with E-state index in [4.69, 9.17) is 0 Å². The molecule has 2 rings (SSSR count). The number of aldehydes is 1. The van der Waals surface area contributed by atoms with Gasteiger partial charge in [0.2, 0.25) is 0 Å². The maximum atomic E-state index is 10.6. The van der Waals surface area contributed by atoms with Crippen LogP contribution in [-0.4, -0.2) is 12.5 Å². The van der Waals surface area contributed by atoms with Crippen molar-refractivity contribution >= 4 is 24.4 Å². The van der Waals surface area contributed by atoms with E-state index in [9.17, 15) is 4.79 Å². The summed E-state index contributed by atoms with van der Waals surface area (Å²) < 4.78 is 4.06. The van der Waals surface area contributed by atoms with Crippen LogP contribution >= 0.6 is 11.9 Å². The fourth-order valence-electron chi connectivity index (χ4n) is 1.20. The Kier molecular flexibility index (Phi) is 1.96. The largest absolute Gasteiger partial charge is 0.298 e. The van der Waals surface area contributed by atoms with E-state index in [0.717, 1.165) is 23.2 Å². The number of benzene rings is 1. The smallest absolute Gasteiger partial charge is 0.151 e. The van der Waals surface area contributed by atoms with Crippen molar-refractivity contribution in [3.05, 3.63) is 29.3 Å². The molecule has 3 heteroatoms. The molecule has 0 atom stereocenters. The Morgan fingerprint density at radius 2 is 2.42 bits per heavy atom. The van der Waals surface area contributed by atoms with Crippen LogP contribution in [0.5, 0.6) is 0 Å².